The van der Waals surface area contributed by atoms with Crippen LogP contribution in [0.5, 0.6) is 0 Å². The predicted octanol–water partition coefficient (Wildman–Crippen LogP) is 0.409. The molecular formula is C11H20N2O2. The van der Waals surface area contributed by atoms with E-state index in [2.05, 4.69) is 5.32 Å². The van der Waals surface area contributed by atoms with Crippen molar-refractivity contribution in [3.05, 3.63) is 0 Å². The smallest absolute Gasteiger partial charge is 0.246 e. The Morgan fingerprint density at radius 1 is 1.33 bits per heavy atom. The van der Waals surface area contributed by atoms with Gasteiger partial charge < -0.3 is 15.8 Å². The van der Waals surface area contributed by atoms with Crippen molar-refractivity contribution >= 4 is 5.91 Å². The van der Waals surface area contributed by atoms with Gasteiger partial charge >= 0.3 is 0 Å². The van der Waals surface area contributed by atoms with E-state index in [1.54, 1.807) is 0 Å². The minimum absolute atomic E-state index is 0.0161. The van der Waals surface area contributed by atoms with Gasteiger partial charge in [-0.15, -0.1) is 0 Å². The fourth-order valence-electron chi connectivity index (χ4n) is 1.95. The van der Waals surface area contributed by atoms with E-state index >= 15 is 0 Å². The van der Waals surface area contributed by atoms with Crippen LogP contribution < -0.4 is 11.1 Å². The highest BCUT2D eigenvalue weighted by Gasteiger charge is 2.24. The second-order valence-corrected chi connectivity index (χ2v) is 4.75. The summed E-state index contributed by atoms with van der Waals surface area (Å²) in [5, 5.41) is 2.88. The molecule has 2 aliphatic carbocycles. The lowest BCUT2D eigenvalue weighted by atomic mass is 10.3. The molecule has 2 aliphatic rings. The standard InChI is InChI=1S/C11H20N2O2/c12-9-3-4-10(5-9)15-7-11(14)13-6-8-1-2-8/h8-10H,1-7,12H2,(H,13,14). The van der Waals surface area contributed by atoms with Crippen molar-refractivity contribution in [1.29, 1.82) is 0 Å². The van der Waals surface area contributed by atoms with E-state index in [1.807, 2.05) is 0 Å². The Morgan fingerprint density at radius 2 is 2.13 bits per heavy atom. The molecule has 2 unspecified atom stereocenters. The summed E-state index contributed by atoms with van der Waals surface area (Å²) in [7, 11) is 0. The highest BCUT2D eigenvalue weighted by Crippen LogP contribution is 2.27. The molecule has 0 aromatic rings. The molecule has 2 fully saturated rings. The van der Waals surface area contributed by atoms with Gasteiger partial charge in [-0.3, -0.25) is 4.79 Å². The zero-order chi connectivity index (χ0) is 10.7. The number of nitrogens with two attached hydrogens (primary N) is 1. The van der Waals surface area contributed by atoms with Crippen LogP contribution in [0.4, 0.5) is 0 Å². The fourth-order valence-corrected chi connectivity index (χ4v) is 1.95. The summed E-state index contributed by atoms with van der Waals surface area (Å²) >= 11 is 0. The number of ether oxygens (including phenoxy) is 1. The van der Waals surface area contributed by atoms with Crippen LogP contribution in [0.1, 0.15) is 32.1 Å². The number of amides is 1. The average Bonchev–Trinajstić information content (AvgIpc) is 2.95. The first-order chi connectivity index (χ1) is 7.24. The number of hydrogen-bond acceptors (Lipinski definition) is 3. The monoisotopic (exact) mass is 212 g/mol. The van der Waals surface area contributed by atoms with E-state index in [-0.39, 0.29) is 24.7 Å². The third-order valence-electron chi connectivity index (χ3n) is 3.16. The van der Waals surface area contributed by atoms with Crippen LogP contribution in [0.25, 0.3) is 0 Å². The Labute approximate surface area is 90.5 Å². The summed E-state index contributed by atoms with van der Waals surface area (Å²) in [6, 6.07) is 0.268. The lowest BCUT2D eigenvalue weighted by Gasteiger charge is -2.11. The Balaban J connectivity index is 1.54. The summed E-state index contributed by atoms with van der Waals surface area (Å²) in [4.78, 5) is 11.3. The van der Waals surface area contributed by atoms with Gasteiger partial charge in [0.05, 0.1) is 6.10 Å². The average molecular weight is 212 g/mol. The van der Waals surface area contributed by atoms with Crippen LogP contribution in [-0.4, -0.2) is 31.2 Å². The summed E-state index contributed by atoms with van der Waals surface area (Å²) in [6.45, 7) is 1.02. The molecule has 0 saturated heterocycles. The van der Waals surface area contributed by atoms with Gasteiger partial charge in [-0.25, -0.2) is 0 Å². The van der Waals surface area contributed by atoms with Crippen molar-refractivity contribution in [2.75, 3.05) is 13.2 Å². The molecule has 0 bridgehead atoms. The van der Waals surface area contributed by atoms with E-state index in [0.717, 1.165) is 31.7 Å². The van der Waals surface area contributed by atoms with E-state index in [4.69, 9.17) is 10.5 Å². The van der Waals surface area contributed by atoms with Crippen LogP contribution in [-0.2, 0) is 9.53 Å². The third-order valence-corrected chi connectivity index (χ3v) is 3.16. The quantitative estimate of drug-likeness (QED) is 0.693. The van der Waals surface area contributed by atoms with Crippen LogP contribution in [0.2, 0.25) is 0 Å². The number of hydrogen-bond donors (Lipinski definition) is 2. The first-order valence-electron chi connectivity index (χ1n) is 5.88. The van der Waals surface area contributed by atoms with Gasteiger partial charge in [0.1, 0.15) is 6.61 Å². The molecule has 86 valence electrons. The van der Waals surface area contributed by atoms with Crippen molar-refractivity contribution in [3.8, 4) is 0 Å². The molecule has 2 atom stereocenters. The first kappa shape index (κ1) is 10.9. The van der Waals surface area contributed by atoms with E-state index in [9.17, 15) is 4.79 Å². The van der Waals surface area contributed by atoms with Crippen molar-refractivity contribution in [1.82, 2.24) is 5.32 Å². The van der Waals surface area contributed by atoms with Gasteiger partial charge in [-0.05, 0) is 38.0 Å². The van der Waals surface area contributed by atoms with Gasteiger partial charge in [-0.2, -0.15) is 0 Å². The molecule has 0 spiro atoms. The molecule has 4 heteroatoms. The van der Waals surface area contributed by atoms with Gasteiger partial charge in [0.2, 0.25) is 5.91 Å². The maximum atomic E-state index is 11.3. The maximum Gasteiger partial charge on any atom is 0.246 e. The van der Waals surface area contributed by atoms with Crippen LogP contribution in [0.3, 0.4) is 0 Å². The SMILES string of the molecule is NC1CCC(OCC(=O)NCC2CC2)C1. The Morgan fingerprint density at radius 3 is 2.73 bits per heavy atom. The molecule has 4 nitrogen and oxygen atoms in total. The van der Waals surface area contributed by atoms with Crippen LogP contribution in [0.15, 0.2) is 0 Å². The van der Waals surface area contributed by atoms with Crippen molar-refractivity contribution in [2.24, 2.45) is 11.7 Å². The summed E-state index contributed by atoms with van der Waals surface area (Å²) in [6.07, 6.45) is 5.64. The first-order valence-corrected chi connectivity index (χ1v) is 5.88. The maximum absolute atomic E-state index is 11.3. The molecule has 2 saturated carbocycles. The Kier molecular flexibility index (Phi) is 3.59. The number of carbonyl (C=O) groups excluding carboxylic acids is 1. The molecule has 0 aromatic carbocycles. The van der Waals surface area contributed by atoms with Gasteiger partial charge in [0, 0.05) is 12.6 Å². The lowest BCUT2D eigenvalue weighted by Crippen LogP contribution is -2.31. The molecule has 0 radical (unpaired) electrons. The van der Waals surface area contributed by atoms with Gasteiger partial charge in [-0.1, -0.05) is 0 Å². The molecule has 0 heterocycles. The van der Waals surface area contributed by atoms with Gasteiger partial charge in [0.25, 0.3) is 0 Å². The Bertz CT molecular complexity index is 229. The van der Waals surface area contributed by atoms with Crippen LogP contribution in [0, 0.1) is 5.92 Å². The topological polar surface area (TPSA) is 64.3 Å². The second kappa shape index (κ2) is 4.94. The minimum Gasteiger partial charge on any atom is -0.368 e. The Hall–Kier alpha value is -0.610. The normalized spacial score (nSPS) is 30.5. The summed E-state index contributed by atoms with van der Waals surface area (Å²) in [5.74, 6) is 0.747. The number of carbonyl (C=O) groups is 1. The minimum atomic E-state index is 0.0161. The zero-order valence-electron chi connectivity index (χ0n) is 9.08. The third kappa shape index (κ3) is 3.80. The summed E-state index contributed by atoms with van der Waals surface area (Å²) < 4.78 is 5.50. The van der Waals surface area contributed by atoms with Crippen molar-refractivity contribution in [3.63, 3.8) is 0 Å². The molecule has 0 aromatic heterocycles. The van der Waals surface area contributed by atoms with Crippen molar-refractivity contribution < 1.29 is 9.53 Å². The van der Waals surface area contributed by atoms with E-state index in [1.165, 1.54) is 12.8 Å². The summed E-state index contributed by atoms with van der Waals surface area (Å²) in [5.41, 5.74) is 5.76. The number of nitrogens with one attached hydrogen (secondary N) is 1. The van der Waals surface area contributed by atoms with Crippen molar-refractivity contribution in [2.45, 2.75) is 44.2 Å². The molecular weight excluding hydrogens is 192 g/mol. The van der Waals surface area contributed by atoms with Crippen LogP contribution >= 0.6 is 0 Å². The zero-order valence-corrected chi connectivity index (χ0v) is 9.08. The fraction of sp³-hybridized carbons (Fsp3) is 0.909. The lowest BCUT2D eigenvalue weighted by molar-refractivity contribution is -0.127. The number of rotatable bonds is 5. The van der Waals surface area contributed by atoms with E-state index in [0.29, 0.717) is 0 Å². The molecule has 15 heavy (non-hydrogen) atoms. The molecule has 1 amide bonds. The molecule has 2 rings (SSSR count). The second-order valence-electron chi connectivity index (χ2n) is 4.75. The largest absolute Gasteiger partial charge is 0.368 e. The van der Waals surface area contributed by atoms with Gasteiger partial charge in [0.15, 0.2) is 0 Å². The molecule has 0 aliphatic heterocycles. The van der Waals surface area contributed by atoms with E-state index < -0.39 is 0 Å². The molecule has 3 N–H and O–H groups in total. The highest BCUT2D eigenvalue weighted by atomic mass is 16.5. The predicted molar refractivity (Wildman–Crippen MR) is 57.3 cm³/mol. The highest BCUT2D eigenvalue weighted by molar-refractivity contribution is 5.77.